The van der Waals surface area contributed by atoms with Crippen molar-refractivity contribution in [1.29, 1.82) is 0 Å². The van der Waals surface area contributed by atoms with Crippen LogP contribution in [0.4, 0.5) is 5.69 Å². The van der Waals surface area contributed by atoms with E-state index in [1.54, 1.807) is 11.6 Å². The summed E-state index contributed by atoms with van der Waals surface area (Å²) in [5.41, 5.74) is 3.12. The Hall–Kier alpha value is -3.53. The van der Waals surface area contributed by atoms with Gasteiger partial charge in [0.2, 0.25) is 0 Å². The molecule has 0 radical (unpaired) electrons. The summed E-state index contributed by atoms with van der Waals surface area (Å²) in [4.78, 5) is 12.3. The van der Waals surface area contributed by atoms with Gasteiger partial charge in [0.05, 0.1) is 33.1 Å². The molecule has 0 aliphatic rings. The normalized spacial score (nSPS) is 11.7. The topological polar surface area (TPSA) is 119 Å². The van der Waals surface area contributed by atoms with Crippen LogP contribution in [0.5, 0.6) is 0 Å². The number of nitro groups is 1. The molecule has 0 aliphatic carbocycles. The standard InChI is InChI=1S/C19H19N5O4S/c1-13-9-10-17(11-19(13)24(25)26)29(27,28)22-20-12-18-14(2)21-23(15(18)3)16-7-5-4-6-8-16/h4-12,22H,1-3H3/b20-12-. The number of nitrogens with zero attached hydrogens (tertiary/aromatic N) is 4. The van der Waals surface area contributed by atoms with Crippen LogP contribution >= 0.6 is 0 Å². The number of benzene rings is 2. The maximum Gasteiger partial charge on any atom is 0.276 e. The lowest BCUT2D eigenvalue weighted by atomic mass is 10.2. The predicted octanol–water partition coefficient (Wildman–Crippen LogP) is 3.02. The van der Waals surface area contributed by atoms with Crippen LogP contribution < -0.4 is 4.83 Å². The Bertz CT molecular complexity index is 1200. The summed E-state index contributed by atoms with van der Waals surface area (Å²) in [7, 11) is -4.05. The first-order valence-electron chi connectivity index (χ1n) is 8.62. The van der Waals surface area contributed by atoms with Gasteiger partial charge in [0.25, 0.3) is 15.7 Å². The number of aryl methyl sites for hydroxylation is 2. The highest BCUT2D eigenvalue weighted by atomic mass is 32.2. The fourth-order valence-corrected chi connectivity index (χ4v) is 3.64. The zero-order valence-corrected chi connectivity index (χ0v) is 16.8. The highest BCUT2D eigenvalue weighted by Gasteiger charge is 2.19. The lowest BCUT2D eigenvalue weighted by molar-refractivity contribution is -0.385. The average molecular weight is 413 g/mol. The summed E-state index contributed by atoms with van der Waals surface area (Å²) < 4.78 is 26.6. The van der Waals surface area contributed by atoms with Crippen molar-refractivity contribution in [1.82, 2.24) is 14.6 Å². The molecule has 3 aromatic rings. The largest absolute Gasteiger partial charge is 0.276 e. The van der Waals surface area contributed by atoms with Crippen LogP contribution in [0, 0.1) is 30.9 Å². The van der Waals surface area contributed by atoms with E-state index in [-0.39, 0.29) is 10.6 Å². The van der Waals surface area contributed by atoms with Crippen molar-refractivity contribution >= 4 is 21.9 Å². The molecule has 0 unspecified atom stereocenters. The number of rotatable bonds is 6. The molecule has 0 saturated heterocycles. The van der Waals surface area contributed by atoms with Crippen LogP contribution in [-0.2, 0) is 10.0 Å². The van der Waals surface area contributed by atoms with E-state index in [1.165, 1.54) is 25.3 Å². The van der Waals surface area contributed by atoms with Gasteiger partial charge in [0.1, 0.15) is 0 Å². The third kappa shape index (κ3) is 4.16. The quantitative estimate of drug-likeness (QED) is 0.378. The van der Waals surface area contributed by atoms with Crippen molar-refractivity contribution in [2.75, 3.05) is 0 Å². The van der Waals surface area contributed by atoms with Gasteiger partial charge in [-0.3, -0.25) is 10.1 Å². The summed E-state index contributed by atoms with van der Waals surface area (Å²) in [6.07, 6.45) is 1.37. The van der Waals surface area contributed by atoms with Gasteiger partial charge in [-0.1, -0.05) is 24.3 Å². The van der Waals surface area contributed by atoms with Crippen LogP contribution in [0.25, 0.3) is 5.69 Å². The molecule has 0 fully saturated rings. The van der Waals surface area contributed by atoms with Crippen molar-refractivity contribution in [2.45, 2.75) is 25.7 Å². The van der Waals surface area contributed by atoms with E-state index in [2.05, 4.69) is 15.0 Å². The van der Waals surface area contributed by atoms with Gasteiger partial charge in [-0.15, -0.1) is 0 Å². The smallest absolute Gasteiger partial charge is 0.258 e. The van der Waals surface area contributed by atoms with Gasteiger partial charge in [-0.2, -0.15) is 18.6 Å². The Kier molecular flexibility index (Phi) is 5.46. The highest BCUT2D eigenvalue weighted by Crippen LogP contribution is 2.22. The molecule has 9 nitrogen and oxygen atoms in total. The number of hydrogen-bond acceptors (Lipinski definition) is 6. The minimum absolute atomic E-state index is 0.236. The van der Waals surface area contributed by atoms with E-state index in [0.29, 0.717) is 16.8 Å². The molecule has 29 heavy (non-hydrogen) atoms. The van der Waals surface area contributed by atoms with E-state index in [1.807, 2.05) is 37.3 Å². The first-order chi connectivity index (χ1) is 13.7. The van der Waals surface area contributed by atoms with Crippen LogP contribution in [0.15, 0.2) is 58.5 Å². The number of nitro benzene ring substituents is 1. The molecule has 2 aromatic carbocycles. The van der Waals surface area contributed by atoms with Crippen LogP contribution in [0.2, 0.25) is 0 Å². The lowest BCUT2D eigenvalue weighted by Gasteiger charge is -2.05. The van der Waals surface area contributed by atoms with Crippen LogP contribution in [0.1, 0.15) is 22.5 Å². The van der Waals surface area contributed by atoms with Crippen molar-refractivity contribution < 1.29 is 13.3 Å². The minimum Gasteiger partial charge on any atom is -0.258 e. The molecule has 0 spiro atoms. The third-order valence-electron chi connectivity index (χ3n) is 4.40. The molecule has 1 aromatic heterocycles. The predicted molar refractivity (Wildman–Crippen MR) is 109 cm³/mol. The zero-order valence-electron chi connectivity index (χ0n) is 16.0. The molecule has 0 amide bonds. The molecule has 0 atom stereocenters. The summed E-state index contributed by atoms with van der Waals surface area (Å²) in [5.74, 6) is 0. The molecule has 0 aliphatic heterocycles. The second-order valence-corrected chi connectivity index (χ2v) is 8.05. The molecule has 1 heterocycles. The SMILES string of the molecule is Cc1ccc(S(=O)(=O)N/N=C\c2c(C)nn(-c3ccccc3)c2C)cc1[N+](=O)[O-]. The molecule has 1 N–H and O–H groups in total. The Morgan fingerprint density at radius 3 is 2.48 bits per heavy atom. The number of para-hydroxylation sites is 1. The van der Waals surface area contributed by atoms with Gasteiger partial charge in [0, 0.05) is 17.2 Å². The summed E-state index contributed by atoms with van der Waals surface area (Å²) in [6.45, 7) is 5.19. The van der Waals surface area contributed by atoms with Crippen LogP contribution in [-0.4, -0.2) is 29.3 Å². The number of nitrogens with one attached hydrogen (secondary N) is 1. The highest BCUT2D eigenvalue weighted by molar-refractivity contribution is 7.89. The maximum absolute atomic E-state index is 12.4. The Balaban J connectivity index is 1.86. The second kappa shape index (κ2) is 7.84. The molecular formula is C19H19N5O4S. The van der Waals surface area contributed by atoms with Gasteiger partial charge in [-0.05, 0) is 39.0 Å². The Labute approximate surface area is 167 Å². The molecule has 150 valence electrons. The second-order valence-electron chi connectivity index (χ2n) is 6.39. The molecule has 10 heteroatoms. The maximum atomic E-state index is 12.4. The molecule has 0 bridgehead atoms. The van der Waals surface area contributed by atoms with Crippen LogP contribution in [0.3, 0.4) is 0 Å². The van der Waals surface area contributed by atoms with E-state index in [9.17, 15) is 18.5 Å². The Morgan fingerprint density at radius 1 is 1.14 bits per heavy atom. The minimum atomic E-state index is -4.05. The van der Waals surface area contributed by atoms with E-state index < -0.39 is 14.9 Å². The van der Waals surface area contributed by atoms with Gasteiger partial charge >= 0.3 is 0 Å². The van der Waals surface area contributed by atoms with Gasteiger partial charge < -0.3 is 0 Å². The number of hydrazone groups is 1. The first kappa shape index (κ1) is 20.2. The van der Waals surface area contributed by atoms with Gasteiger partial charge in [-0.25, -0.2) is 9.51 Å². The van der Waals surface area contributed by atoms with Gasteiger partial charge in [0.15, 0.2) is 0 Å². The van der Waals surface area contributed by atoms with Crippen molar-refractivity contribution in [3.8, 4) is 5.69 Å². The van der Waals surface area contributed by atoms with E-state index >= 15 is 0 Å². The lowest BCUT2D eigenvalue weighted by Crippen LogP contribution is -2.18. The summed E-state index contributed by atoms with van der Waals surface area (Å²) in [6, 6.07) is 13.2. The zero-order chi connectivity index (χ0) is 21.2. The first-order valence-corrected chi connectivity index (χ1v) is 10.1. The molecule has 0 saturated carbocycles. The average Bonchev–Trinajstić information content (AvgIpc) is 2.96. The number of aromatic nitrogens is 2. The Morgan fingerprint density at radius 2 is 1.83 bits per heavy atom. The number of sulfonamides is 1. The molecular weight excluding hydrogens is 394 g/mol. The van der Waals surface area contributed by atoms with Crippen molar-refractivity contribution in [3.63, 3.8) is 0 Å². The number of hydrogen-bond donors (Lipinski definition) is 1. The van der Waals surface area contributed by atoms with E-state index in [4.69, 9.17) is 0 Å². The van der Waals surface area contributed by atoms with E-state index in [0.717, 1.165) is 17.4 Å². The third-order valence-corrected chi connectivity index (χ3v) is 5.62. The summed E-state index contributed by atoms with van der Waals surface area (Å²) in [5, 5.41) is 19.3. The fraction of sp³-hybridized carbons (Fsp3) is 0.158. The fourth-order valence-electron chi connectivity index (χ4n) is 2.83. The molecule has 3 rings (SSSR count). The van der Waals surface area contributed by atoms with Crippen molar-refractivity contribution in [2.24, 2.45) is 5.10 Å². The summed E-state index contributed by atoms with van der Waals surface area (Å²) >= 11 is 0. The van der Waals surface area contributed by atoms with Crippen molar-refractivity contribution in [3.05, 3.63) is 81.2 Å². The monoisotopic (exact) mass is 413 g/mol.